The fourth-order valence-corrected chi connectivity index (χ4v) is 2.61. The highest BCUT2D eigenvalue weighted by Crippen LogP contribution is 2.23. The lowest BCUT2D eigenvalue weighted by atomic mass is 10.2. The third-order valence-corrected chi connectivity index (χ3v) is 3.83. The molecule has 6 nitrogen and oxygen atoms in total. The zero-order valence-corrected chi connectivity index (χ0v) is 14.0. The molecule has 0 spiro atoms. The van der Waals surface area contributed by atoms with Gasteiger partial charge in [0, 0.05) is 11.6 Å². The first-order chi connectivity index (χ1) is 11.6. The van der Waals surface area contributed by atoms with Crippen molar-refractivity contribution in [3.8, 4) is 5.69 Å². The van der Waals surface area contributed by atoms with Crippen molar-refractivity contribution in [2.75, 3.05) is 5.32 Å². The van der Waals surface area contributed by atoms with Crippen molar-refractivity contribution in [2.45, 2.75) is 33.6 Å². The number of para-hydroxylation sites is 1. The van der Waals surface area contributed by atoms with E-state index >= 15 is 0 Å². The first kappa shape index (κ1) is 16.0. The summed E-state index contributed by atoms with van der Waals surface area (Å²) in [4.78, 5) is 12.4. The Morgan fingerprint density at radius 1 is 1.25 bits per heavy atom. The van der Waals surface area contributed by atoms with Gasteiger partial charge in [-0.3, -0.25) is 4.79 Å². The number of aromatic nitrogens is 3. The monoisotopic (exact) mass is 324 g/mol. The first-order valence-corrected chi connectivity index (χ1v) is 7.94. The van der Waals surface area contributed by atoms with Gasteiger partial charge in [0.1, 0.15) is 11.6 Å². The van der Waals surface area contributed by atoms with E-state index in [1.807, 2.05) is 51.1 Å². The zero-order chi connectivity index (χ0) is 17.1. The van der Waals surface area contributed by atoms with Crippen LogP contribution in [0, 0.1) is 13.8 Å². The second kappa shape index (κ2) is 6.70. The number of aryl methyl sites for hydroxylation is 2. The molecule has 0 unspecified atom stereocenters. The molecule has 0 saturated carbocycles. The van der Waals surface area contributed by atoms with E-state index in [9.17, 15) is 4.79 Å². The number of hydrogen-bond acceptors (Lipinski definition) is 4. The minimum absolute atomic E-state index is 0.141. The normalized spacial score (nSPS) is 10.8. The third-order valence-electron chi connectivity index (χ3n) is 3.83. The van der Waals surface area contributed by atoms with Crippen molar-refractivity contribution in [1.29, 1.82) is 0 Å². The summed E-state index contributed by atoms with van der Waals surface area (Å²) in [6.45, 7) is 5.85. The van der Waals surface area contributed by atoms with E-state index in [0.29, 0.717) is 11.6 Å². The molecule has 0 aliphatic heterocycles. The number of amides is 1. The zero-order valence-electron chi connectivity index (χ0n) is 14.0. The molecular formula is C18H20N4O2. The number of nitrogens with zero attached hydrogens (tertiary/aromatic N) is 3. The van der Waals surface area contributed by atoms with Gasteiger partial charge in [-0.05, 0) is 32.4 Å². The Morgan fingerprint density at radius 2 is 2.00 bits per heavy atom. The van der Waals surface area contributed by atoms with E-state index < -0.39 is 0 Å². The highest BCUT2D eigenvalue weighted by atomic mass is 16.5. The predicted octanol–water partition coefficient (Wildman–Crippen LogP) is 3.22. The molecule has 3 rings (SSSR count). The van der Waals surface area contributed by atoms with Gasteiger partial charge in [0.05, 0.1) is 23.5 Å². The van der Waals surface area contributed by atoms with E-state index in [0.717, 1.165) is 29.1 Å². The molecule has 0 aliphatic carbocycles. The minimum Gasteiger partial charge on any atom is -0.361 e. The van der Waals surface area contributed by atoms with Gasteiger partial charge < -0.3 is 9.84 Å². The van der Waals surface area contributed by atoms with E-state index in [1.165, 1.54) is 0 Å². The summed E-state index contributed by atoms with van der Waals surface area (Å²) >= 11 is 0. The van der Waals surface area contributed by atoms with Gasteiger partial charge >= 0.3 is 0 Å². The molecule has 0 radical (unpaired) electrons. The molecule has 1 N–H and O–H groups in total. The van der Waals surface area contributed by atoms with Crippen molar-refractivity contribution in [3.05, 3.63) is 59.1 Å². The Hall–Kier alpha value is -2.89. The molecule has 0 aliphatic rings. The molecule has 0 bridgehead atoms. The topological polar surface area (TPSA) is 73.0 Å². The molecule has 6 heteroatoms. The van der Waals surface area contributed by atoms with Crippen LogP contribution in [0.2, 0.25) is 0 Å². The molecule has 1 amide bonds. The van der Waals surface area contributed by atoms with Crippen molar-refractivity contribution in [3.63, 3.8) is 0 Å². The Morgan fingerprint density at radius 3 is 2.62 bits per heavy atom. The SMILES string of the molecule is CCc1nn(-c2ccccc2)c(NC(=O)Cc2cc(C)no2)c1C. The molecule has 2 heterocycles. The Bertz CT molecular complexity index is 849. The van der Waals surface area contributed by atoms with Crippen LogP contribution in [0.3, 0.4) is 0 Å². The number of hydrogen-bond donors (Lipinski definition) is 1. The molecule has 1 aromatic carbocycles. The lowest BCUT2D eigenvalue weighted by molar-refractivity contribution is -0.115. The Balaban J connectivity index is 1.89. The lowest BCUT2D eigenvalue weighted by Crippen LogP contribution is -2.17. The van der Waals surface area contributed by atoms with Crippen molar-refractivity contribution >= 4 is 11.7 Å². The maximum atomic E-state index is 12.4. The second-order valence-corrected chi connectivity index (χ2v) is 5.68. The van der Waals surface area contributed by atoms with E-state index in [1.54, 1.807) is 10.7 Å². The van der Waals surface area contributed by atoms with Crippen molar-refractivity contribution in [2.24, 2.45) is 0 Å². The van der Waals surface area contributed by atoms with Crippen LogP contribution in [0.15, 0.2) is 40.9 Å². The summed E-state index contributed by atoms with van der Waals surface area (Å²) in [5.41, 5.74) is 3.61. The molecule has 3 aromatic rings. The molecule has 2 aromatic heterocycles. The summed E-state index contributed by atoms with van der Waals surface area (Å²) in [5, 5.41) is 11.4. The number of rotatable bonds is 5. The van der Waals surface area contributed by atoms with Gasteiger partial charge in [0.2, 0.25) is 5.91 Å². The average Bonchev–Trinajstić information content (AvgIpc) is 3.12. The van der Waals surface area contributed by atoms with Crippen LogP contribution < -0.4 is 5.32 Å². The Kier molecular flexibility index (Phi) is 4.46. The highest BCUT2D eigenvalue weighted by molar-refractivity contribution is 5.92. The van der Waals surface area contributed by atoms with Crippen LogP contribution in [0.4, 0.5) is 5.82 Å². The van der Waals surface area contributed by atoms with E-state index in [2.05, 4.69) is 15.6 Å². The third kappa shape index (κ3) is 3.22. The van der Waals surface area contributed by atoms with Gasteiger partial charge in [-0.15, -0.1) is 0 Å². The smallest absolute Gasteiger partial charge is 0.233 e. The maximum Gasteiger partial charge on any atom is 0.233 e. The molecule has 0 saturated heterocycles. The second-order valence-electron chi connectivity index (χ2n) is 5.68. The van der Waals surface area contributed by atoms with Gasteiger partial charge in [0.15, 0.2) is 0 Å². The fraction of sp³-hybridized carbons (Fsp3) is 0.278. The molecule has 0 atom stereocenters. The van der Waals surface area contributed by atoms with Crippen LogP contribution in [0.1, 0.15) is 29.6 Å². The van der Waals surface area contributed by atoms with Gasteiger partial charge in [0.25, 0.3) is 0 Å². The number of nitrogens with one attached hydrogen (secondary N) is 1. The van der Waals surface area contributed by atoms with E-state index in [4.69, 9.17) is 4.52 Å². The summed E-state index contributed by atoms with van der Waals surface area (Å²) in [6.07, 6.45) is 0.942. The van der Waals surface area contributed by atoms with Crippen LogP contribution in [0.5, 0.6) is 0 Å². The van der Waals surface area contributed by atoms with Gasteiger partial charge in [-0.1, -0.05) is 30.3 Å². The summed E-state index contributed by atoms with van der Waals surface area (Å²) in [5.74, 6) is 1.08. The van der Waals surface area contributed by atoms with Crippen molar-refractivity contribution < 1.29 is 9.32 Å². The lowest BCUT2D eigenvalue weighted by Gasteiger charge is -2.09. The summed E-state index contributed by atoms with van der Waals surface area (Å²) < 4.78 is 6.89. The predicted molar refractivity (Wildman–Crippen MR) is 91.3 cm³/mol. The van der Waals surface area contributed by atoms with Crippen LogP contribution in [-0.2, 0) is 17.6 Å². The van der Waals surface area contributed by atoms with Crippen molar-refractivity contribution in [1.82, 2.24) is 14.9 Å². The number of carbonyl (C=O) groups excluding carboxylic acids is 1. The molecule has 124 valence electrons. The number of anilines is 1. The molecule has 24 heavy (non-hydrogen) atoms. The highest BCUT2D eigenvalue weighted by Gasteiger charge is 2.18. The van der Waals surface area contributed by atoms with Crippen LogP contribution >= 0.6 is 0 Å². The summed E-state index contributed by atoms with van der Waals surface area (Å²) in [6, 6.07) is 11.5. The van der Waals surface area contributed by atoms with E-state index in [-0.39, 0.29) is 12.3 Å². The van der Waals surface area contributed by atoms with Gasteiger partial charge in [-0.25, -0.2) is 4.68 Å². The number of carbonyl (C=O) groups is 1. The average molecular weight is 324 g/mol. The largest absolute Gasteiger partial charge is 0.361 e. The molecular weight excluding hydrogens is 304 g/mol. The first-order valence-electron chi connectivity index (χ1n) is 7.94. The van der Waals surface area contributed by atoms with Crippen LogP contribution in [0.25, 0.3) is 5.69 Å². The fourth-order valence-electron chi connectivity index (χ4n) is 2.61. The number of benzene rings is 1. The minimum atomic E-state index is -0.158. The molecule has 0 fully saturated rings. The maximum absolute atomic E-state index is 12.4. The Labute approximate surface area is 140 Å². The summed E-state index contributed by atoms with van der Waals surface area (Å²) in [7, 11) is 0. The van der Waals surface area contributed by atoms with Crippen LogP contribution in [-0.4, -0.2) is 20.8 Å². The standard InChI is InChI=1S/C18H20N4O2/c1-4-16-13(3)18(22(20-16)14-8-6-5-7-9-14)19-17(23)11-15-10-12(2)21-24-15/h5-10H,4,11H2,1-3H3,(H,19,23). The quantitative estimate of drug-likeness (QED) is 0.782. The van der Waals surface area contributed by atoms with Gasteiger partial charge in [-0.2, -0.15) is 5.10 Å².